The lowest BCUT2D eigenvalue weighted by atomic mass is 9.87. The van der Waals surface area contributed by atoms with Crippen LogP contribution in [-0.2, 0) is 14.8 Å². The molecule has 0 radical (unpaired) electrons. The normalized spacial score (nSPS) is 12.9. The van der Waals surface area contributed by atoms with Crippen molar-refractivity contribution >= 4 is 34.0 Å². The van der Waals surface area contributed by atoms with E-state index < -0.39 is 27.4 Å². The van der Waals surface area contributed by atoms with E-state index in [-0.39, 0.29) is 12.4 Å². The van der Waals surface area contributed by atoms with Gasteiger partial charge in [0.1, 0.15) is 18.4 Å². The summed E-state index contributed by atoms with van der Waals surface area (Å²) in [6.07, 6.45) is 1.03. The highest BCUT2D eigenvalue weighted by Gasteiger charge is 2.33. The summed E-state index contributed by atoms with van der Waals surface area (Å²) in [4.78, 5) is 12.4. The molecule has 0 heterocycles. The van der Waals surface area contributed by atoms with Crippen LogP contribution in [0.3, 0.4) is 0 Å². The number of nitrogens with one attached hydrogen (secondary N) is 2. The molecule has 0 aliphatic rings. The Morgan fingerprint density at radius 2 is 1.79 bits per heavy atom. The molecule has 1 aromatic carbocycles. The predicted octanol–water partition coefficient (Wildman–Crippen LogP) is 1.35. The average Bonchev–Trinajstić information content (AvgIpc) is 2.42. The second-order valence-electron chi connectivity index (χ2n) is 6.34. The molecule has 0 fully saturated rings. The molecule has 1 unspecified atom stereocenters. The maximum Gasteiger partial charge on any atom is 0.243 e. The van der Waals surface area contributed by atoms with Crippen molar-refractivity contribution in [3.8, 4) is 5.75 Å². The molecule has 0 saturated carbocycles. The smallest absolute Gasteiger partial charge is 0.243 e. The standard InChI is InChI=1S/C15H25N3O4S.ClH/c1-15(2,3)13(18-23(4,20)21)14(19)17-11-5-7-12(8-6-11)22-10-9-16;/h5-8,13,18H,9-10,16H2,1-4H3,(H,17,19);1H. The summed E-state index contributed by atoms with van der Waals surface area (Å²) in [5.41, 5.74) is 5.34. The summed E-state index contributed by atoms with van der Waals surface area (Å²) in [6.45, 7) is 6.20. The Morgan fingerprint density at radius 3 is 2.21 bits per heavy atom. The zero-order valence-corrected chi connectivity index (χ0v) is 16.0. The van der Waals surface area contributed by atoms with Gasteiger partial charge in [-0.25, -0.2) is 13.1 Å². The summed E-state index contributed by atoms with van der Waals surface area (Å²) >= 11 is 0. The highest BCUT2D eigenvalue weighted by atomic mass is 35.5. The fourth-order valence-corrected chi connectivity index (χ4v) is 2.75. The minimum atomic E-state index is -3.50. The van der Waals surface area contributed by atoms with Crippen molar-refractivity contribution in [3.63, 3.8) is 0 Å². The second kappa shape index (κ2) is 9.22. The lowest BCUT2D eigenvalue weighted by Gasteiger charge is -2.29. The average molecular weight is 380 g/mol. The molecule has 0 aromatic heterocycles. The van der Waals surface area contributed by atoms with Crippen molar-refractivity contribution in [1.29, 1.82) is 0 Å². The largest absolute Gasteiger partial charge is 0.492 e. The van der Waals surface area contributed by atoms with E-state index in [0.717, 1.165) is 6.26 Å². The molecule has 1 rings (SSSR count). The van der Waals surface area contributed by atoms with Gasteiger partial charge in [-0.05, 0) is 29.7 Å². The Labute approximate surface area is 149 Å². The van der Waals surface area contributed by atoms with E-state index in [1.807, 2.05) is 0 Å². The maximum absolute atomic E-state index is 12.4. The van der Waals surface area contributed by atoms with Gasteiger partial charge in [0.05, 0.1) is 6.26 Å². The molecule has 9 heteroatoms. The molecular weight excluding hydrogens is 354 g/mol. The number of benzene rings is 1. The molecule has 1 amide bonds. The third-order valence-corrected chi connectivity index (χ3v) is 3.63. The molecule has 0 aliphatic carbocycles. The van der Waals surface area contributed by atoms with Gasteiger partial charge in [0.25, 0.3) is 0 Å². The molecule has 7 nitrogen and oxygen atoms in total. The van der Waals surface area contributed by atoms with Crippen LogP contribution in [0.2, 0.25) is 0 Å². The first-order valence-electron chi connectivity index (χ1n) is 7.24. The van der Waals surface area contributed by atoms with Crippen molar-refractivity contribution < 1.29 is 17.9 Å². The maximum atomic E-state index is 12.4. The molecule has 1 atom stereocenters. The summed E-state index contributed by atoms with van der Waals surface area (Å²) < 4.78 is 30.7. The molecule has 0 aliphatic heterocycles. The number of rotatable bonds is 7. The van der Waals surface area contributed by atoms with E-state index in [4.69, 9.17) is 10.5 Å². The van der Waals surface area contributed by atoms with Crippen LogP contribution in [0, 0.1) is 5.41 Å². The van der Waals surface area contributed by atoms with Gasteiger partial charge in [0, 0.05) is 12.2 Å². The van der Waals surface area contributed by atoms with Gasteiger partial charge in [-0.2, -0.15) is 0 Å². The van der Waals surface area contributed by atoms with Crippen LogP contribution in [-0.4, -0.2) is 39.8 Å². The number of hydrogen-bond acceptors (Lipinski definition) is 5. The number of hydrogen-bond donors (Lipinski definition) is 3. The van der Waals surface area contributed by atoms with Crippen LogP contribution < -0.4 is 20.5 Å². The number of carbonyl (C=O) groups is 1. The topological polar surface area (TPSA) is 111 Å². The van der Waals surface area contributed by atoms with Crippen molar-refractivity contribution in [2.24, 2.45) is 11.1 Å². The molecule has 138 valence electrons. The van der Waals surface area contributed by atoms with E-state index in [0.29, 0.717) is 24.6 Å². The first kappa shape index (κ1) is 22.6. The number of halogens is 1. The fraction of sp³-hybridized carbons (Fsp3) is 0.533. The molecule has 4 N–H and O–H groups in total. The Bertz CT molecular complexity index is 627. The van der Waals surface area contributed by atoms with E-state index in [2.05, 4.69) is 10.0 Å². The Morgan fingerprint density at radius 1 is 1.25 bits per heavy atom. The van der Waals surface area contributed by atoms with E-state index in [9.17, 15) is 13.2 Å². The molecule has 1 aromatic rings. The van der Waals surface area contributed by atoms with Crippen LogP contribution >= 0.6 is 12.4 Å². The van der Waals surface area contributed by atoms with Crippen LogP contribution in [0.15, 0.2) is 24.3 Å². The number of carbonyl (C=O) groups excluding carboxylic acids is 1. The highest BCUT2D eigenvalue weighted by molar-refractivity contribution is 7.88. The minimum absolute atomic E-state index is 0. The molecular formula is C15H26ClN3O4S. The molecule has 24 heavy (non-hydrogen) atoms. The third-order valence-electron chi connectivity index (χ3n) is 2.97. The Balaban J connectivity index is 0.00000529. The Hall–Kier alpha value is -1.35. The van der Waals surface area contributed by atoms with Crippen molar-refractivity contribution in [2.75, 3.05) is 24.7 Å². The van der Waals surface area contributed by atoms with Crippen LogP contribution in [0.5, 0.6) is 5.75 Å². The van der Waals surface area contributed by atoms with E-state index in [1.165, 1.54) is 0 Å². The zero-order chi connectivity index (χ0) is 17.7. The summed E-state index contributed by atoms with van der Waals surface area (Å²) in [6, 6.07) is 5.90. The van der Waals surface area contributed by atoms with Crippen LogP contribution in [0.25, 0.3) is 0 Å². The van der Waals surface area contributed by atoms with Crippen LogP contribution in [0.4, 0.5) is 5.69 Å². The number of amides is 1. The Kier molecular flexibility index (Phi) is 8.70. The van der Waals surface area contributed by atoms with E-state index >= 15 is 0 Å². The van der Waals surface area contributed by atoms with Gasteiger partial charge in [-0.1, -0.05) is 20.8 Å². The van der Waals surface area contributed by atoms with Gasteiger partial charge in [0.15, 0.2) is 0 Å². The first-order valence-corrected chi connectivity index (χ1v) is 9.13. The summed E-state index contributed by atoms with van der Waals surface area (Å²) in [5.74, 6) is 0.230. The number of anilines is 1. The SMILES string of the molecule is CC(C)(C)C(NS(C)(=O)=O)C(=O)Nc1ccc(OCCN)cc1.Cl. The predicted molar refractivity (Wildman–Crippen MR) is 98.1 cm³/mol. The minimum Gasteiger partial charge on any atom is -0.492 e. The van der Waals surface area contributed by atoms with Crippen molar-refractivity contribution in [3.05, 3.63) is 24.3 Å². The lowest BCUT2D eigenvalue weighted by molar-refractivity contribution is -0.119. The zero-order valence-electron chi connectivity index (χ0n) is 14.3. The monoisotopic (exact) mass is 379 g/mol. The quantitative estimate of drug-likeness (QED) is 0.662. The number of ether oxygens (including phenoxy) is 1. The van der Waals surface area contributed by atoms with Gasteiger partial charge >= 0.3 is 0 Å². The second-order valence-corrected chi connectivity index (χ2v) is 8.12. The molecule has 0 bridgehead atoms. The fourth-order valence-electron chi connectivity index (χ4n) is 1.86. The molecule has 0 saturated heterocycles. The third kappa shape index (κ3) is 7.96. The number of sulfonamides is 1. The highest BCUT2D eigenvalue weighted by Crippen LogP contribution is 2.22. The summed E-state index contributed by atoms with van der Waals surface area (Å²) in [5, 5.41) is 2.71. The summed E-state index contributed by atoms with van der Waals surface area (Å²) in [7, 11) is -3.50. The van der Waals surface area contributed by atoms with Gasteiger partial charge < -0.3 is 15.8 Å². The van der Waals surface area contributed by atoms with E-state index in [1.54, 1.807) is 45.0 Å². The van der Waals surface area contributed by atoms with Crippen molar-refractivity contribution in [1.82, 2.24) is 4.72 Å². The number of nitrogens with two attached hydrogens (primary N) is 1. The lowest BCUT2D eigenvalue weighted by Crippen LogP contribution is -2.51. The first-order chi connectivity index (χ1) is 10.5. The van der Waals surface area contributed by atoms with Crippen LogP contribution in [0.1, 0.15) is 20.8 Å². The van der Waals surface area contributed by atoms with Gasteiger partial charge in [-0.3, -0.25) is 4.79 Å². The molecule has 0 spiro atoms. The van der Waals surface area contributed by atoms with Gasteiger partial charge in [-0.15, -0.1) is 12.4 Å². The van der Waals surface area contributed by atoms with Crippen molar-refractivity contribution in [2.45, 2.75) is 26.8 Å². The van der Waals surface area contributed by atoms with Gasteiger partial charge in [0.2, 0.25) is 15.9 Å².